The van der Waals surface area contributed by atoms with Gasteiger partial charge >= 0.3 is 6.18 Å². The van der Waals surface area contributed by atoms with Crippen molar-refractivity contribution in [3.8, 4) is 0 Å². The van der Waals surface area contributed by atoms with Gasteiger partial charge in [-0.25, -0.2) is 0 Å². The summed E-state index contributed by atoms with van der Waals surface area (Å²) < 4.78 is 42.3. The molecule has 0 fully saturated rings. The Kier molecular flexibility index (Phi) is 3.86. The van der Waals surface area contributed by atoms with Gasteiger partial charge in [-0.2, -0.15) is 13.2 Å². The third-order valence-electron chi connectivity index (χ3n) is 2.44. The lowest BCUT2D eigenvalue weighted by Gasteiger charge is -2.16. The van der Waals surface area contributed by atoms with Gasteiger partial charge in [-0.3, -0.25) is 0 Å². The molecule has 1 unspecified atom stereocenters. The van der Waals surface area contributed by atoms with E-state index in [2.05, 4.69) is 5.16 Å². The molecule has 0 aliphatic rings. The molecule has 0 radical (unpaired) electrons. The second-order valence-corrected chi connectivity index (χ2v) is 5.06. The average Bonchev–Trinajstić information content (AvgIpc) is 2.59. The van der Waals surface area contributed by atoms with Crippen LogP contribution in [-0.2, 0) is 11.8 Å². The van der Waals surface area contributed by atoms with E-state index in [4.69, 9.17) is 9.63 Å². The highest BCUT2D eigenvalue weighted by atomic mass is 19.4. The van der Waals surface area contributed by atoms with Crippen molar-refractivity contribution in [2.45, 2.75) is 38.8 Å². The summed E-state index contributed by atoms with van der Waals surface area (Å²) in [5.74, 6) is -1.26. The number of halogens is 3. The first kappa shape index (κ1) is 14.0. The number of aromatic nitrogens is 1. The molecule has 1 aromatic heterocycles. The Bertz CT molecular complexity index is 366. The van der Waals surface area contributed by atoms with Gasteiger partial charge in [0, 0.05) is 17.9 Å². The summed E-state index contributed by atoms with van der Waals surface area (Å²) in [6.07, 6.45) is -4.78. The summed E-state index contributed by atoms with van der Waals surface area (Å²) in [6.45, 7) is 4.70. The van der Waals surface area contributed by atoms with Crippen molar-refractivity contribution in [3.63, 3.8) is 0 Å². The molecule has 0 bridgehead atoms. The molecule has 0 amide bonds. The third-order valence-corrected chi connectivity index (χ3v) is 2.44. The molecule has 0 aliphatic heterocycles. The first-order valence-electron chi connectivity index (χ1n) is 5.28. The SMILES string of the molecule is CC(C)(C)c1cc(CC(CO)C(F)(F)F)no1. The molecule has 6 heteroatoms. The maximum atomic E-state index is 12.4. The molecule has 17 heavy (non-hydrogen) atoms. The minimum Gasteiger partial charge on any atom is -0.396 e. The van der Waals surface area contributed by atoms with Crippen molar-refractivity contribution in [3.05, 3.63) is 17.5 Å². The van der Waals surface area contributed by atoms with E-state index in [1.54, 1.807) is 0 Å². The molecule has 1 heterocycles. The van der Waals surface area contributed by atoms with Gasteiger partial charge in [0.2, 0.25) is 0 Å². The predicted octanol–water partition coefficient (Wildman–Crippen LogP) is 2.69. The van der Waals surface area contributed by atoms with Gasteiger partial charge in [0.1, 0.15) is 5.76 Å². The lowest BCUT2D eigenvalue weighted by molar-refractivity contribution is -0.183. The Balaban J connectivity index is 2.79. The maximum Gasteiger partial charge on any atom is 0.394 e. The maximum absolute atomic E-state index is 12.4. The van der Waals surface area contributed by atoms with E-state index in [1.165, 1.54) is 6.07 Å². The number of hydrogen-bond donors (Lipinski definition) is 1. The average molecular weight is 251 g/mol. The molecule has 0 saturated heterocycles. The Morgan fingerprint density at radius 3 is 2.29 bits per heavy atom. The van der Waals surface area contributed by atoms with Gasteiger partial charge in [-0.1, -0.05) is 25.9 Å². The van der Waals surface area contributed by atoms with E-state index in [9.17, 15) is 13.2 Å². The molecule has 1 rings (SSSR count). The Labute approximate surface area is 97.6 Å². The largest absolute Gasteiger partial charge is 0.396 e. The number of hydrogen-bond acceptors (Lipinski definition) is 3. The highest BCUT2D eigenvalue weighted by molar-refractivity contribution is 5.13. The summed E-state index contributed by atoms with van der Waals surface area (Å²) in [5, 5.41) is 12.3. The smallest absolute Gasteiger partial charge is 0.394 e. The normalized spacial score (nSPS) is 15.0. The van der Waals surface area contributed by atoms with Crippen molar-refractivity contribution < 1.29 is 22.8 Å². The Hall–Kier alpha value is -1.04. The van der Waals surface area contributed by atoms with Crippen molar-refractivity contribution >= 4 is 0 Å². The second-order valence-electron chi connectivity index (χ2n) is 5.06. The monoisotopic (exact) mass is 251 g/mol. The van der Waals surface area contributed by atoms with E-state index in [1.807, 2.05) is 20.8 Å². The van der Waals surface area contributed by atoms with Crippen molar-refractivity contribution in [1.82, 2.24) is 5.16 Å². The minimum atomic E-state index is -4.42. The molecule has 98 valence electrons. The standard InChI is InChI=1S/C11H16F3NO2/c1-10(2,3)9-5-8(15-17-9)4-7(6-16)11(12,13)14/h5,7,16H,4,6H2,1-3H3. The number of aliphatic hydroxyl groups is 1. The van der Waals surface area contributed by atoms with Gasteiger partial charge < -0.3 is 9.63 Å². The van der Waals surface area contributed by atoms with Crippen molar-refractivity contribution in [2.24, 2.45) is 5.92 Å². The molecule has 0 aliphatic carbocycles. The van der Waals surface area contributed by atoms with Crippen LogP contribution >= 0.6 is 0 Å². The summed E-state index contributed by atoms with van der Waals surface area (Å²) in [5.41, 5.74) is -0.0793. The topological polar surface area (TPSA) is 46.3 Å². The summed E-state index contributed by atoms with van der Waals surface area (Å²) in [7, 11) is 0. The zero-order valence-electron chi connectivity index (χ0n) is 10.0. The number of nitrogens with zero attached hydrogens (tertiary/aromatic N) is 1. The minimum absolute atomic E-state index is 0.214. The lowest BCUT2D eigenvalue weighted by atomic mass is 9.92. The van der Waals surface area contributed by atoms with E-state index in [0.717, 1.165) is 0 Å². The molecule has 0 saturated carbocycles. The van der Waals surface area contributed by atoms with Crippen LogP contribution in [0.4, 0.5) is 13.2 Å². The summed E-state index contributed by atoms with van der Waals surface area (Å²) >= 11 is 0. The molecule has 0 aromatic carbocycles. The zero-order valence-corrected chi connectivity index (χ0v) is 10.0. The number of alkyl halides is 3. The fourth-order valence-corrected chi connectivity index (χ4v) is 1.30. The fourth-order valence-electron chi connectivity index (χ4n) is 1.30. The van der Waals surface area contributed by atoms with Crippen LogP contribution in [0.15, 0.2) is 10.6 Å². The van der Waals surface area contributed by atoms with Crippen LogP contribution in [-0.4, -0.2) is 23.0 Å². The Morgan fingerprint density at radius 2 is 1.94 bits per heavy atom. The van der Waals surface area contributed by atoms with Crippen LogP contribution < -0.4 is 0 Å². The molecule has 3 nitrogen and oxygen atoms in total. The highest BCUT2D eigenvalue weighted by Crippen LogP contribution is 2.30. The molecule has 1 atom stereocenters. The summed E-state index contributed by atoms with van der Waals surface area (Å²) in [4.78, 5) is 0. The number of aliphatic hydroxyl groups excluding tert-OH is 1. The van der Waals surface area contributed by atoms with E-state index >= 15 is 0 Å². The van der Waals surface area contributed by atoms with Crippen LogP contribution in [0.1, 0.15) is 32.2 Å². The van der Waals surface area contributed by atoms with Crippen molar-refractivity contribution in [2.75, 3.05) is 6.61 Å². The summed E-state index contributed by atoms with van der Waals surface area (Å²) in [6, 6.07) is 1.51. The molecule has 1 aromatic rings. The van der Waals surface area contributed by atoms with Gasteiger partial charge in [0.05, 0.1) is 18.2 Å². The zero-order chi connectivity index (χ0) is 13.3. The van der Waals surface area contributed by atoms with Crippen LogP contribution in [0.3, 0.4) is 0 Å². The van der Waals surface area contributed by atoms with Crippen LogP contribution in [0.25, 0.3) is 0 Å². The van der Waals surface area contributed by atoms with E-state index in [0.29, 0.717) is 5.76 Å². The van der Waals surface area contributed by atoms with Gasteiger partial charge in [0.15, 0.2) is 0 Å². The van der Waals surface area contributed by atoms with E-state index in [-0.39, 0.29) is 17.5 Å². The third kappa shape index (κ3) is 3.73. The van der Waals surface area contributed by atoms with Gasteiger partial charge in [-0.05, 0) is 0 Å². The first-order valence-corrected chi connectivity index (χ1v) is 5.28. The Morgan fingerprint density at radius 1 is 1.35 bits per heavy atom. The van der Waals surface area contributed by atoms with Crippen molar-refractivity contribution in [1.29, 1.82) is 0 Å². The highest BCUT2D eigenvalue weighted by Gasteiger charge is 2.39. The van der Waals surface area contributed by atoms with Crippen LogP contribution in [0.5, 0.6) is 0 Å². The molecule has 0 spiro atoms. The van der Waals surface area contributed by atoms with Crippen LogP contribution in [0, 0.1) is 5.92 Å². The molecular weight excluding hydrogens is 235 g/mol. The van der Waals surface area contributed by atoms with E-state index < -0.39 is 18.7 Å². The number of rotatable bonds is 3. The second kappa shape index (κ2) is 4.68. The molecule has 1 N–H and O–H groups in total. The fraction of sp³-hybridized carbons (Fsp3) is 0.727. The van der Waals surface area contributed by atoms with Gasteiger partial charge in [0.25, 0.3) is 0 Å². The predicted molar refractivity (Wildman–Crippen MR) is 55.5 cm³/mol. The van der Waals surface area contributed by atoms with Gasteiger partial charge in [-0.15, -0.1) is 0 Å². The lowest BCUT2D eigenvalue weighted by Crippen LogP contribution is -2.28. The first-order chi connectivity index (χ1) is 7.64. The molecular formula is C11H16F3NO2. The van der Waals surface area contributed by atoms with Crippen LogP contribution in [0.2, 0.25) is 0 Å². The quantitative estimate of drug-likeness (QED) is 0.898.